The minimum atomic E-state index is -2.49. The molecule has 0 aliphatic carbocycles. The molecule has 19 heavy (non-hydrogen) atoms. The van der Waals surface area contributed by atoms with Gasteiger partial charge in [0, 0.05) is 20.1 Å². The smallest absolute Gasteiger partial charge is 0.261 e. The lowest BCUT2D eigenvalue weighted by Crippen LogP contribution is -2.53. The van der Waals surface area contributed by atoms with Gasteiger partial charge in [-0.05, 0) is 19.4 Å². The fourth-order valence-electron chi connectivity index (χ4n) is 2.16. The molecule has 0 spiro atoms. The molecule has 1 rings (SSSR count). The Bertz CT molecular complexity index is 272. The van der Waals surface area contributed by atoms with Crippen LogP contribution in [0.5, 0.6) is 0 Å². The van der Waals surface area contributed by atoms with Gasteiger partial charge in [0.15, 0.2) is 0 Å². The molecule has 0 bridgehead atoms. The summed E-state index contributed by atoms with van der Waals surface area (Å²) in [6.45, 7) is 1.32. The van der Waals surface area contributed by atoms with Gasteiger partial charge in [0.1, 0.15) is 6.61 Å². The molecule has 1 fully saturated rings. The fraction of sp³-hybridized carbons (Fsp3) is 0.917. The third-order valence-electron chi connectivity index (χ3n) is 3.09. The molecular formula is C12H22F2N2O3. The van der Waals surface area contributed by atoms with E-state index in [0.29, 0.717) is 13.2 Å². The summed E-state index contributed by atoms with van der Waals surface area (Å²) in [4.78, 5) is 11.5. The molecule has 0 radical (unpaired) electrons. The van der Waals surface area contributed by atoms with Gasteiger partial charge < -0.3 is 20.1 Å². The molecule has 5 nitrogen and oxygen atoms in total. The predicted molar refractivity (Wildman–Crippen MR) is 66.3 cm³/mol. The highest BCUT2D eigenvalue weighted by atomic mass is 19.3. The summed E-state index contributed by atoms with van der Waals surface area (Å²) in [7, 11) is 1.63. The van der Waals surface area contributed by atoms with Crippen molar-refractivity contribution in [1.29, 1.82) is 0 Å². The second kappa shape index (κ2) is 8.39. The maximum absolute atomic E-state index is 11.8. The van der Waals surface area contributed by atoms with Crippen LogP contribution in [0.15, 0.2) is 0 Å². The number of alkyl halides is 2. The zero-order valence-electron chi connectivity index (χ0n) is 11.2. The van der Waals surface area contributed by atoms with Crippen molar-refractivity contribution in [3.05, 3.63) is 0 Å². The summed E-state index contributed by atoms with van der Waals surface area (Å²) in [5.74, 6) is -0.196. The van der Waals surface area contributed by atoms with Crippen molar-refractivity contribution in [3.8, 4) is 0 Å². The third kappa shape index (κ3) is 6.26. The van der Waals surface area contributed by atoms with E-state index in [1.165, 1.54) is 0 Å². The lowest BCUT2D eigenvalue weighted by atomic mass is 9.98. The first kappa shape index (κ1) is 16.3. The van der Waals surface area contributed by atoms with Crippen molar-refractivity contribution < 1.29 is 23.0 Å². The molecule has 1 aliphatic rings. The Hall–Kier alpha value is -0.790. The fourth-order valence-corrected chi connectivity index (χ4v) is 2.16. The largest absolute Gasteiger partial charge is 0.383 e. The normalized spacial score (nSPS) is 22.9. The molecule has 112 valence electrons. The number of ether oxygens (including phenoxy) is 2. The van der Waals surface area contributed by atoms with Gasteiger partial charge in [0.25, 0.3) is 6.43 Å². The van der Waals surface area contributed by atoms with E-state index >= 15 is 0 Å². The predicted octanol–water partition coefficient (Wildman–Crippen LogP) is 0.543. The van der Waals surface area contributed by atoms with Gasteiger partial charge in [-0.2, -0.15) is 0 Å². The summed E-state index contributed by atoms with van der Waals surface area (Å²) in [5.41, 5.74) is -0.200. The maximum Gasteiger partial charge on any atom is 0.261 e. The monoisotopic (exact) mass is 280 g/mol. The highest BCUT2D eigenvalue weighted by molar-refractivity contribution is 5.76. The average Bonchev–Trinajstić information content (AvgIpc) is 2.82. The SMILES string of the molecule is COCC1(CNC(=O)CCOCC(F)F)CCCN1. The molecule has 7 heteroatoms. The van der Waals surface area contributed by atoms with Crippen LogP contribution in [0.25, 0.3) is 0 Å². The van der Waals surface area contributed by atoms with Crippen molar-refractivity contribution in [2.75, 3.05) is 40.0 Å². The van der Waals surface area contributed by atoms with E-state index in [2.05, 4.69) is 15.4 Å². The lowest BCUT2D eigenvalue weighted by Gasteiger charge is -2.28. The van der Waals surface area contributed by atoms with Crippen LogP contribution >= 0.6 is 0 Å². The summed E-state index contributed by atoms with van der Waals surface area (Å²) in [5, 5.41) is 6.13. The van der Waals surface area contributed by atoms with Gasteiger partial charge in [0.2, 0.25) is 5.91 Å². The number of amides is 1. The molecule has 2 N–H and O–H groups in total. The van der Waals surface area contributed by atoms with Crippen LogP contribution in [0, 0.1) is 0 Å². The average molecular weight is 280 g/mol. The Morgan fingerprint density at radius 3 is 2.89 bits per heavy atom. The first-order valence-electron chi connectivity index (χ1n) is 6.44. The van der Waals surface area contributed by atoms with E-state index in [1.54, 1.807) is 7.11 Å². The summed E-state index contributed by atoms with van der Waals surface area (Å²) in [6.07, 6.45) is -0.397. The zero-order chi connectivity index (χ0) is 14.1. The van der Waals surface area contributed by atoms with Crippen LogP contribution in [-0.2, 0) is 14.3 Å². The number of nitrogens with one attached hydrogen (secondary N) is 2. The van der Waals surface area contributed by atoms with Gasteiger partial charge in [-0.3, -0.25) is 4.79 Å². The van der Waals surface area contributed by atoms with Gasteiger partial charge in [-0.15, -0.1) is 0 Å². The molecule has 1 unspecified atom stereocenters. The molecule has 0 saturated carbocycles. The number of hydrogen-bond acceptors (Lipinski definition) is 4. The highest BCUT2D eigenvalue weighted by Crippen LogP contribution is 2.18. The molecule has 0 aromatic heterocycles. The number of hydrogen-bond donors (Lipinski definition) is 2. The molecule has 0 aromatic rings. The van der Waals surface area contributed by atoms with Crippen LogP contribution in [0.4, 0.5) is 8.78 Å². The standard InChI is InChI=1S/C12H22F2N2O3/c1-18-9-12(4-2-5-16-12)8-15-11(17)3-6-19-7-10(13)14/h10,16H,2-9H2,1H3,(H,15,17). The first-order valence-corrected chi connectivity index (χ1v) is 6.44. The Labute approximate surface area is 112 Å². The number of halogens is 2. The van der Waals surface area contributed by atoms with Gasteiger partial charge in [0.05, 0.1) is 18.8 Å². The van der Waals surface area contributed by atoms with Crippen molar-refractivity contribution >= 4 is 5.91 Å². The van der Waals surface area contributed by atoms with E-state index in [0.717, 1.165) is 19.4 Å². The van der Waals surface area contributed by atoms with Crippen LogP contribution in [0.2, 0.25) is 0 Å². The Kier molecular flexibility index (Phi) is 7.19. The van der Waals surface area contributed by atoms with Gasteiger partial charge >= 0.3 is 0 Å². The van der Waals surface area contributed by atoms with Crippen LogP contribution in [-0.4, -0.2) is 57.9 Å². The second-order valence-corrected chi connectivity index (χ2v) is 4.74. The second-order valence-electron chi connectivity index (χ2n) is 4.74. The number of carbonyl (C=O) groups is 1. The van der Waals surface area contributed by atoms with Crippen molar-refractivity contribution in [2.45, 2.75) is 31.2 Å². The topological polar surface area (TPSA) is 59.6 Å². The van der Waals surface area contributed by atoms with Crippen molar-refractivity contribution in [3.63, 3.8) is 0 Å². The molecule has 1 atom stereocenters. The van der Waals surface area contributed by atoms with Gasteiger partial charge in [-0.25, -0.2) is 8.78 Å². The molecule has 0 aromatic carbocycles. The number of rotatable bonds is 9. The van der Waals surface area contributed by atoms with E-state index in [9.17, 15) is 13.6 Å². The van der Waals surface area contributed by atoms with Crippen molar-refractivity contribution in [1.82, 2.24) is 10.6 Å². The number of carbonyl (C=O) groups excluding carboxylic acids is 1. The molecule has 1 aliphatic heterocycles. The quantitative estimate of drug-likeness (QED) is 0.605. The molecule has 1 heterocycles. The Balaban J connectivity index is 2.17. The minimum absolute atomic E-state index is 0.0148. The first-order chi connectivity index (χ1) is 9.08. The van der Waals surface area contributed by atoms with Crippen LogP contribution in [0.3, 0.4) is 0 Å². The summed E-state index contributed by atoms with van der Waals surface area (Å²) < 4.78 is 33.4. The van der Waals surface area contributed by atoms with E-state index in [4.69, 9.17) is 4.74 Å². The summed E-state index contributed by atoms with van der Waals surface area (Å²) in [6, 6.07) is 0. The highest BCUT2D eigenvalue weighted by Gasteiger charge is 2.33. The maximum atomic E-state index is 11.8. The third-order valence-corrected chi connectivity index (χ3v) is 3.09. The van der Waals surface area contributed by atoms with Crippen molar-refractivity contribution in [2.24, 2.45) is 0 Å². The van der Waals surface area contributed by atoms with E-state index < -0.39 is 13.0 Å². The summed E-state index contributed by atoms with van der Waals surface area (Å²) >= 11 is 0. The Morgan fingerprint density at radius 1 is 1.53 bits per heavy atom. The minimum Gasteiger partial charge on any atom is -0.383 e. The zero-order valence-corrected chi connectivity index (χ0v) is 11.2. The lowest BCUT2D eigenvalue weighted by molar-refractivity contribution is -0.123. The van der Waals surface area contributed by atoms with Gasteiger partial charge in [-0.1, -0.05) is 0 Å². The van der Waals surface area contributed by atoms with E-state index in [1.807, 2.05) is 0 Å². The molecule has 1 saturated heterocycles. The van der Waals surface area contributed by atoms with Crippen LogP contribution < -0.4 is 10.6 Å². The molecular weight excluding hydrogens is 258 g/mol. The number of methoxy groups -OCH3 is 1. The Morgan fingerprint density at radius 2 is 2.32 bits per heavy atom. The van der Waals surface area contributed by atoms with Crippen LogP contribution in [0.1, 0.15) is 19.3 Å². The molecule has 1 amide bonds. The van der Waals surface area contributed by atoms with E-state index in [-0.39, 0.29) is 24.5 Å².